The quantitative estimate of drug-likeness (QED) is 0.0925. The molecule has 308 valence electrons. The Hall–Kier alpha value is -3.42. The summed E-state index contributed by atoms with van der Waals surface area (Å²) in [6.45, 7) is 29.4. The van der Waals surface area contributed by atoms with Crippen molar-refractivity contribution >= 4 is 35.8 Å². The second-order valence-corrected chi connectivity index (χ2v) is 18.3. The molecule has 4 amide bonds. The Labute approximate surface area is 319 Å². The monoisotopic (exact) mass is 756 g/mol. The van der Waals surface area contributed by atoms with E-state index < -0.39 is 77.1 Å². The minimum atomic E-state index is -1.16. The fourth-order valence-corrected chi connectivity index (χ4v) is 5.63. The maximum atomic E-state index is 14.2. The second-order valence-electron chi connectivity index (χ2n) is 18.3. The lowest BCUT2D eigenvalue weighted by Crippen LogP contribution is -2.60. The number of hydrogen-bond acceptors (Lipinski definition) is 9. The number of rotatable bonds is 21. The van der Waals surface area contributed by atoms with Crippen LogP contribution in [-0.2, 0) is 33.5 Å². The highest BCUT2D eigenvalue weighted by Gasteiger charge is 2.41. The normalized spacial score (nSPS) is 15.2. The zero-order chi connectivity index (χ0) is 41.6. The number of nitrogens with one attached hydrogen (secondary N) is 4. The van der Waals surface area contributed by atoms with Crippen LogP contribution in [0.15, 0.2) is 0 Å². The average Bonchev–Trinajstić information content (AvgIpc) is 2.94. The number of ether oxygens (including phenoxy) is 1. The van der Waals surface area contributed by atoms with Gasteiger partial charge in [-0.3, -0.25) is 14.4 Å². The molecule has 0 radical (unpaired) electrons. The lowest BCUT2D eigenvalue weighted by atomic mass is 9.96. The fourth-order valence-electron chi connectivity index (χ4n) is 5.63. The third-order valence-corrected chi connectivity index (χ3v) is 7.81. The standard InChI is InChI=1S/C39H73N5O9/c1-22(2)17-27(32(45)41-29(35(48)49)19-24(5)6)40-34(47)31(21-26(9)10)44(38(11,12)13)53-36(50)30(20-25(7)8)42-33(46)28(18-23(3)4)43-37(51)52-39(14,15)16/h22-31H,17-21H2,1-16H3,(H,40,47)(H,41,45)(H,42,46)(H,43,51)(H,48,49)/t27-,28-,29-,30-,31-/m0/s1. The second kappa shape index (κ2) is 22.1. The first kappa shape index (κ1) is 49.6. The number of carbonyl (C=O) groups excluding carboxylic acids is 5. The molecule has 0 unspecified atom stereocenters. The molecule has 0 aliphatic rings. The van der Waals surface area contributed by atoms with Crippen LogP contribution in [-0.4, -0.2) is 87.3 Å². The summed E-state index contributed by atoms with van der Waals surface area (Å²) < 4.78 is 5.38. The van der Waals surface area contributed by atoms with Crippen LogP contribution in [0.4, 0.5) is 4.79 Å². The van der Waals surface area contributed by atoms with Crippen molar-refractivity contribution in [1.82, 2.24) is 26.3 Å². The van der Waals surface area contributed by atoms with Gasteiger partial charge >= 0.3 is 18.0 Å². The lowest BCUT2D eigenvalue weighted by molar-refractivity contribution is -0.233. The molecule has 0 spiro atoms. The Balaban J connectivity index is 6.60. The summed E-state index contributed by atoms with van der Waals surface area (Å²) in [5, 5.41) is 21.9. The van der Waals surface area contributed by atoms with Crippen molar-refractivity contribution in [2.45, 2.75) is 184 Å². The van der Waals surface area contributed by atoms with E-state index in [1.54, 1.807) is 41.5 Å². The first-order valence-corrected chi connectivity index (χ1v) is 19.2. The van der Waals surface area contributed by atoms with E-state index in [4.69, 9.17) is 9.57 Å². The summed E-state index contributed by atoms with van der Waals surface area (Å²) in [7, 11) is 0. The van der Waals surface area contributed by atoms with E-state index in [9.17, 15) is 33.9 Å². The van der Waals surface area contributed by atoms with E-state index in [0.29, 0.717) is 0 Å². The zero-order valence-electron chi connectivity index (χ0n) is 35.5. The molecule has 0 heterocycles. The van der Waals surface area contributed by atoms with E-state index >= 15 is 0 Å². The summed E-state index contributed by atoms with van der Waals surface area (Å²) in [5.74, 6) is -3.80. The highest BCUT2D eigenvalue weighted by molar-refractivity contribution is 5.92. The largest absolute Gasteiger partial charge is 0.480 e. The predicted molar refractivity (Wildman–Crippen MR) is 205 cm³/mol. The molecule has 5 N–H and O–H groups in total. The summed E-state index contributed by atoms with van der Waals surface area (Å²) >= 11 is 0. The molecule has 0 saturated carbocycles. The number of amides is 4. The first-order valence-electron chi connectivity index (χ1n) is 19.2. The van der Waals surface area contributed by atoms with Gasteiger partial charge in [-0.05, 0) is 103 Å². The zero-order valence-corrected chi connectivity index (χ0v) is 35.5. The first-order chi connectivity index (χ1) is 24.0. The van der Waals surface area contributed by atoms with Crippen LogP contribution in [0.1, 0.15) is 143 Å². The van der Waals surface area contributed by atoms with Gasteiger partial charge in [0, 0.05) is 5.54 Å². The molecule has 0 aromatic heterocycles. The van der Waals surface area contributed by atoms with Crippen LogP contribution in [0.5, 0.6) is 0 Å². The summed E-state index contributed by atoms with van der Waals surface area (Å²) in [6.07, 6.45) is 0.445. The lowest BCUT2D eigenvalue weighted by Gasteiger charge is -2.40. The summed E-state index contributed by atoms with van der Waals surface area (Å²) in [5.41, 5.74) is -1.70. The predicted octanol–water partition coefficient (Wildman–Crippen LogP) is 5.58. The van der Waals surface area contributed by atoms with Gasteiger partial charge in [-0.15, -0.1) is 5.06 Å². The number of hydroxylamine groups is 2. The van der Waals surface area contributed by atoms with Crippen molar-refractivity contribution in [2.75, 3.05) is 0 Å². The van der Waals surface area contributed by atoms with Gasteiger partial charge in [-0.1, -0.05) is 69.2 Å². The van der Waals surface area contributed by atoms with Crippen molar-refractivity contribution in [3.63, 3.8) is 0 Å². The molecule has 0 fully saturated rings. The molecule has 53 heavy (non-hydrogen) atoms. The van der Waals surface area contributed by atoms with Crippen LogP contribution in [0.25, 0.3) is 0 Å². The molecule has 0 aliphatic carbocycles. The molecule has 0 bridgehead atoms. The molecule has 0 aromatic rings. The van der Waals surface area contributed by atoms with Gasteiger partial charge < -0.3 is 35.9 Å². The van der Waals surface area contributed by atoms with E-state index in [2.05, 4.69) is 21.3 Å². The van der Waals surface area contributed by atoms with E-state index in [1.807, 2.05) is 69.2 Å². The van der Waals surface area contributed by atoms with Crippen molar-refractivity contribution < 1.29 is 43.4 Å². The number of carbonyl (C=O) groups is 6. The van der Waals surface area contributed by atoms with Crippen molar-refractivity contribution in [2.24, 2.45) is 29.6 Å². The Morgan fingerprint density at radius 3 is 1.26 bits per heavy atom. The van der Waals surface area contributed by atoms with Crippen LogP contribution in [0, 0.1) is 29.6 Å². The minimum absolute atomic E-state index is 0.00614. The molecule has 5 atom stereocenters. The Morgan fingerprint density at radius 2 is 0.887 bits per heavy atom. The van der Waals surface area contributed by atoms with Crippen LogP contribution in [0.3, 0.4) is 0 Å². The maximum absolute atomic E-state index is 14.2. The van der Waals surface area contributed by atoms with Gasteiger partial charge in [0.15, 0.2) is 0 Å². The molecule has 14 nitrogen and oxygen atoms in total. The average molecular weight is 756 g/mol. The van der Waals surface area contributed by atoms with Gasteiger partial charge in [0.1, 0.15) is 35.8 Å². The number of carboxylic acids is 1. The topological polar surface area (TPSA) is 192 Å². The summed E-state index contributed by atoms with van der Waals surface area (Å²) in [6, 6.07) is -5.34. The molecule has 0 rings (SSSR count). The van der Waals surface area contributed by atoms with Crippen molar-refractivity contribution in [3.8, 4) is 0 Å². The molecule has 0 aromatic carbocycles. The third kappa shape index (κ3) is 20.6. The van der Waals surface area contributed by atoms with Crippen LogP contribution >= 0.6 is 0 Å². The number of nitrogens with zero attached hydrogens (tertiary/aromatic N) is 1. The number of aliphatic carboxylic acids is 1. The van der Waals surface area contributed by atoms with Gasteiger partial charge in [0.25, 0.3) is 0 Å². The van der Waals surface area contributed by atoms with Gasteiger partial charge in [0.05, 0.1) is 0 Å². The van der Waals surface area contributed by atoms with Crippen LogP contribution in [0.2, 0.25) is 0 Å². The Kier molecular flexibility index (Phi) is 20.7. The molecular weight excluding hydrogens is 682 g/mol. The smallest absolute Gasteiger partial charge is 0.408 e. The number of carboxylic acid groups (broad SMARTS) is 1. The van der Waals surface area contributed by atoms with Crippen LogP contribution < -0.4 is 21.3 Å². The number of alkyl carbamates (subject to hydrolysis) is 1. The van der Waals surface area contributed by atoms with Gasteiger partial charge in [-0.25, -0.2) is 14.4 Å². The Bertz CT molecular complexity index is 1200. The van der Waals surface area contributed by atoms with E-state index in [-0.39, 0.29) is 61.7 Å². The Morgan fingerprint density at radius 1 is 0.528 bits per heavy atom. The highest BCUT2D eigenvalue weighted by Crippen LogP contribution is 2.25. The fraction of sp³-hybridized carbons (Fsp3) is 0.846. The molecule has 0 saturated heterocycles. The van der Waals surface area contributed by atoms with Gasteiger partial charge in [0.2, 0.25) is 17.7 Å². The van der Waals surface area contributed by atoms with Gasteiger partial charge in [-0.2, -0.15) is 0 Å². The third-order valence-electron chi connectivity index (χ3n) is 7.81. The molecular formula is C39H73N5O9. The van der Waals surface area contributed by atoms with E-state index in [1.165, 1.54) is 5.06 Å². The maximum Gasteiger partial charge on any atom is 0.408 e. The summed E-state index contributed by atoms with van der Waals surface area (Å²) in [4.78, 5) is 86.0. The van der Waals surface area contributed by atoms with Crippen molar-refractivity contribution in [3.05, 3.63) is 0 Å². The molecule has 14 heteroatoms. The number of hydrogen-bond donors (Lipinski definition) is 5. The highest BCUT2D eigenvalue weighted by atomic mass is 16.7. The SMILES string of the molecule is CC(C)C[C@H](NC(=O)[C@H](CC(C)C)NC(=O)[C@H](CC(C)C)N(OC(=O)[C@H](CC(C)C)NC(=O)[C@H](CC(C)C)NC(=O)OC(C)(C)C)C(C)(C)C)C(=O)O. The van der Waals surface area contributed by atoms with Crippen molar-refractivity contribution in [1.29, 1.82) is 0 Å². The molecule has 0 aliphatic heterocycles. The minimum Gasteiger partial charge on any atom is -0.480 e. The van der Waals surface area contributed by atoms with E-state index in [0.717, 1.165) is 0 Å².